The van der Waals surface area contributed by atoms with Crippen molar-refractivity contribution in [2.45, 2.75) is 145 Å². The number of rotatable bonds is 9. The van der Waals surface area contributed by atoms with Crippen molar-refractivity contribution < 1.29 is 24.2 Å². The fourth-order valence-electron chi connectivity index (χ4n) is 14.7. The minimum Gasteiger partial charge on any atom is -0.481 e. The molecule has 8 nitrogen and oxygen atoms in total. The van der Waals surface area contributed by atoms with Gasteiger partial charge in [-0.05, 0) is 148 Å². The molecule has 10 atom stereocenters. The van der Waals surface area contributed by atoms with Crippen LogP contribution >= 0.6 is 0 Å². The van der Waals surface area contributed by atoms with Gasteiger partial charge in [-0.15, -0.1) is 0 Å². The lowest BCUT2D eigenvalue weighted by Crippen LogP contribution is -2.67. The number of nitrogens with zero attached hydrogens (tertiary/aromatic N) is 3. The third-order valence-corrected chi connectivity index (χ3v) is 18.0. The standard InChI is InChI=1S/C47H71N3O5/c1-31(2)33-14-19-47(27-38(51)50-25-23-49(24-26-50)30-32-11-10-22-48-29-32)21-20-45(8)34(40(33)47)12-13-36-44(7)17-16-37(55-39(52)28-42(3,4)41(53)54)43(5,6)35(44)15-18-46(36,45)9/h10-11,22,29,33-37,40H,1,12-21,23-28,30H2,2-9H3,(H,53,54)/t33-,34+,35-,36+,37-,40+,44-,45+,46+,47+/m0/s1. The number of aromatic nitrogens is 1. The first-order valence-corrected chi connectivity index (χ1v) is 21.7. The van der Waals surface area contributed by atoms with E-state index in [-0.39, 0.29) is 39.6 Å². The molecule has 0 radical (unpaired) electrons. The summed E-state index contributed by atoms with van der Waals surface area (Å²) in [7, 11) is 0. The number of hydrogen-bond donors (Lipinski definition) is 1. The Labute approximate surface area is 331 Å². The normalized spacial score (nSPS) is 39.9. The number of carbonyl (C=O) groups is 3. The van der Waals surface area contributed by atoms with E-state index in [4.69, 9.17) is 4.74 Å². The van der Waals surface area contributed by atoms with Crippen LogP contribution in [0.3, 0.4) is 0 Å². The number of carboxylic acid groups (broad SMARTS) is 1. The van der Waals surface area contributed by atoms with Crippen LogP contribution in [0.1, 0.15) is 138 Å². The number of ether oxygens (including phenoxy) is 1. The van der Waals surface area contributed by atoms with Crippen LogP contribution in [-0.4, -0.2) is 70.0 Å². The summed E-state index contributed by atoms with van der Waals surface area (Å²) < 4.78 is 6.20. The Balaban J connectivity index is 1.07. The van der Waals surface area contributed by atoms with Crippen LogP contribution < -0.4 is 0 Å². The summed E-state index contributed by atoms with van der Waals surface area (Å²) >= 11 is 0. The number of hydrogen-bond acceptors (Lipinski definition) is 6. The summed E-state index contributed by atoms with van der Waals surface area (Å²) in [5.41, 5.74) is 1.78. The topological polar surface area (TPSA) is 100 Å². The molecule has 1 N–H and O–H groups in total. The van der Waals surface area contributed by atoms with Crippen LogP contribution in [0.5, 0.6) is 0 Å². The van der Waals surface area contributed by atoms with Crippen molar-refractivity contribution in [3.63, 3.8) is 0 Å². The largest absolute Gasteiger partial charge is 0.481 e. The number of carboxylic acids is 1. The molecular weight excluding hydrogens is 687 g/mol. The zero-order valence-electron chi connectivity index (χ0n) is 35.4. The number of carbonyl (C=O) groups excluding carboxylic acids is 2. The van der Waals surface area contributed by atoms with Gasteiger partial charge in [-0.1, -0.05) is 52.8 Å². The van der Waals surface area contributed by atoms with Crippen molar-refractivity contribution in [2.24, 2.45) is 62.1 Å². The smallest absolute Gasteiger partial charge is 0.309 e. The zero-order chi connectivity index (χ0) is 39.8. The molecule has 8 heteroatoms. The first kappa shape index (κ1) is 40.5. The number of pyridine rings is 1. The van der Waals surface area contributed by atoms with Gasteiger partial charge in [0, 0.05) is 57.0 Å². The first-order chi connectivity index (χ1) is 25.8. The van der Waals surface area contributed by atoms with Gasteiger partial charge in [0.05, 0.1) is 11.8 Å². The summed E-state index contributed by atoms with van der Waals surface area (Å²) in [6.07, 6.45) is 15.4. The molecule has 1 amide bonds. The third kappa shape index (κ3) is 6.70. The summed E-state index contributed by atoms with van der Waals surface area (Å²) in [4.78, 5) is 48.2. The van der Waals surface area contributed by atoms with Gasteiger partial charge in [-0.2, -0.15) is 0 Å². The average Bonchev–Trinajstić information content (AvgIpc) is 3.50. The molecule has 2 heterocycles. The summed E-state index contributed by atoms with van der Waals surface area (Å²) in [5.74, 6) is 1.59. The molecule has 6 fully saturated rings. The maximum Gasteiger partial charge on any atom is 0.309 e. The minimum absolute atomic E-state index is 0.0567. The number of piperazine rings is 1. The van der Waals surface area contributed by atoms with E-state index in [2.05, 4.69) is 69.0 Å². The summed E-state index contributed by atoms with van der Waals surface area (Å²) in [6.45, 7) is 26.9. The molecule has 7 rings (SSSR count). The van der Waals surface area contributed by atoms with E-state index in [1.165, 1.54) is 36.8 Å². The van der Waals surface area contributed by atoms with Crippen LogP contribution in [0.4, 0.5) is 0 Å². The Morgan fingerprint density at radius 3 is 2.29 bits per heavy atom. The molecule has 0 bridgehead atoms. The van der Waals surface area contributed by atoms with Crippen molar-refractivity contribution in [3.8, 4) is 0 Å². The van der Waals surface area contributed by atoms with Gasteiger partial charge < -0.3 is 14.7 Å². The highest BCUT2D eigenvalue weighted by Crippen LogP contribution is 2.78. The van der Waals surface area contributed by atoms with E-state index in [9.17, 15) is 19.5 Å². The lowest BCUT2D eigenvalue weighted by molar-refractivity contribution is -0.250. The SMILES string of the molecule is C=C(C)[C@@H]1CC[C@]2(CC(=O)N3CCN(Cc4cccnc4)CC3)CC[C@]3(C)[C@H](CC[C@@H]4[C@@]5(C)CC[C@H](OC(=O)CC(C)(C)C(=O)O)C(C)(C)[C@@H]5CC[C@]43C)[C@@H]12. The highest BCUT2D eigenvalue weighted by atomic mass is 16.5. The fraction of sp³-hybridized carbons (Fsp3) is 0.787. The van der Waals surface area contributed by atoms with Crippen LogP contribution in [0.2, 0.25) is 0 Å². The second kappa shape index (κ2) is 14.3. The molecule has 1 aromatic heterocycles. The van der Waals surface area contributed by atoms with Gasteiger partial charge in [-0.3, -0.25) is 24.3 Å². The van der Waals surface area contributed by atoms with Crippen molar-refractivity contribution in [1.29, 1.82) is 0 Å². The zero-order valence-corrected chi connectivity index (χ0v) is 35.4. The molecule has 5 saturated carbocycles. The lowest BCUT2D eigenvalue weighted by atomic mass is 9.32. The molecule has 6 aliphatic rings. The number of amides is 1. The van der Waals surface area contributed by atoms with E-state index in [1.54, 1.807) is 13.8 Å². The second-order valence-corrected chi connectivity index (χ2v) is 21.4. The Bertz CT molecular complexity index is 1650. The summed E-state index contributed by atoms with van der Waals surface area (Å²) in [6, 6.07) is 4.14. The summed E-state index contributed by atoms with van der Waals surface area (Å²) in [5, 5.41) is 9.64. The van der Waals surface area contributed by atoms with E-state index in [1.807, 2.05) is 18.5 Å². The van der Waals surface area contributed by atoms with Crippen molar-refractivity contribution in [2.75, 3.05) is 26.2 Å². The van der Waals surface area contributed by atoms with Gasteiger partial charge in [0.2, 0.25) is 5.91 Å². The Morgan fingerprint density at radius 1 is 0.909 bits per heavy atom. The number of fused-ring (bicyclic) bond motifs is 7. The van der Waals surface area contributed by atoms with Gasteiger partial charge >= 0.3 is 11.9 Å². The Morgan fingerprint density at radius 2 is 1.64 bits per heavy atom. The Hall–Kier alpha value is -2.74. The van der Waals surface area contributed by atoms with Gasteiger partial charge in [0.25, 0.3) is 0 Å². The molecule has 0 aromatic carbocycles. The van der Waals surface area contributed by atoms with E-state index in [0.717, 1.165) is 71.2 Å². The monoisotopic (exact) mass is 758 g/mol. The molecule has 1 saturated heterocycles. The van der Waals surface area contributed by atoms with Crippen molar-refractivity contribution in [3.05, 3.63) is 42.2 Å². The molecule has 0 spiro atoms. The third-order valence-electron chi connectivity index (χ3n) is 18.0. The second-order valence-electron chi connectivity index (χ2n) is 21.4. The highest BCUT2D eigenvalue weighted by Gasteiger charge is 2.71. The van der Waals surface area contributed by atoms with Gasteiger partial charge in [0.1, 0.15) is 6.10 Å². The van der Waals surface area contributed by atoms with Crippen LogP contribution in [-0.2, 0) is 25.7 Å². The number of allylic oxidation sites excluding steroid dienone is 1. The van der Waals surface area contributed by atoms with Crippen molar-refractivity contribution >= 4 is 17.8 Å². The van der Waals surface area contributed by atoms with E-state index >= 15 is 0 Å². The quantitative estimate of drug-likeness (QED) is 0.198. The Kier molecular flexibility index (Phi) is 10.5. The molecular formula is C47H71N3O5. The predicted molar refractivity (Wildman–Crippen MR) is 216 cm³/mol. The average molecular weight is 758 g/mol. The predicted octanol–water partition coefficient (Wildman–Crippen LogP) is 9.19. The van der Waals surface area contributed by atoms with Gasteiger partial charge in [0.15, 0.2) is 0 Å². The molecule has 0 unspecified atom stereocenters. The van der Waals surface area contributed by atoms with Gasteiger partial charge in [-0.25, -0.2) is 0 Å². The molecule has 5 aliphatic carbocycles. The molecule has 1 aliphatic heterocycles. The van der Waals surface area contributed by atoms with Crippen molar-refractivity contribution in [1.82, 2.24) is 14.8 Å². The molecule has 304 valence electrons. The maximum atomic E-state index is 14.3. The molecule has 1 aromatic rings. The number of esters is 1. The fourth-order valence-corrected chi connectivity index (χ4v) is 14.7. The number of aliphatic carboxylic acids is 1. The molecule has 55 heavy (non-hydrogen) atoms. The first-order valence-electron chi connectivity index (χ1n) is 21.7. The van der Waals surface area contributed by atoms with Crippen LogP contribution in [0, 0.1) is 62.1 Å². The maximum absolute atomic E-state index is 14.3. The van der Waals surface area contributed by atoms with E-state index < -0.39 is 17.4 Å². The van der Waals surface area contributed by atoms with E-state index in [0.29, 0.717) is 41.9 Å². The minimum atomic E-state index is -1.14. The van der Waals surface area contributed by atoms with Crippen LogP contribution in [0.25, 0.3) is 0 Å². The lowest BCUT2D eigenvalue weighted by Gasteiger charge is -2.73. The van der Waals surface area contributed by atoms with Crippen LogP contribution in [0.15, 0.2) is 36.7 Å². The highest BCUT2D eigenvalue weighted by molar-refractivity contribution is 5.81.